The van der Waals surface area contributed by atoms with Crippen molar-refractivity contribution >= 4 is 11.8 Å². The minimum absolute atomic E-state index is 0.0172. The molecule has 0 atom stereocenters. The van der Waals surface area contributed by atoms with E-state index in [0.29, 0.717) is 19.1 Å². The molecule has 1 aliphatic rings. The van der Waals surface area contributed by atoms with Gasteiger partial charge in [-0.2, -0.15) is 0 Å². The van der Waals surface area contributed by atoms with Crippen LogP contribution in [0.4, 0.5) is 0 Å². The summed E-state index contributed by atoms with van der Waals surface area (Å²) in [6.07, 6.45) is 6.10. The fourth-order valence-electron chi connectivity index (χ4n) is 2.59. The van der Waals surface area contributed by atoms with Crippen molar-refractivity contribution in [2.75, 3.05) is 13.1 Å². The van der Waals surface area contributed by atoms with Crippen molar-refractivity contribution in [3.63, 3.8) is 0 Å². The zero-order valence-corrected chi connectivity index (χ0v) is 13.9. The first-order valence-corrected chi connectivity index (χ1v) is 8.18. The van der Waals surface area contributed by atoms with E-state index < -0.39 is 0 Å². The summed E-state index contributed by atoms with van der Waals surface area (Å²) in [6, 6.07) is 4.39. The van der Waals surface area contributed by atoms with E-state index in [0.717, 1.165) is 31.4 Å². The highest BCUT2D eigenvalue weighted by Gasteiger charge is 2.33. The summed E-state index contributed by atoms with van der Waals surface area (Å²) in [5, 5.41) is 0. The molecule has 0 unspecified atom stereocenters. The minimum atomic E-state index is -0.0172. The van der Waals surface area contributed by atoms with Crippen molar-refractivity contribution in [1.82, 2.24) is 14.4 Å². The van der Waals surface area contributed by atoms with Gasteiger partial charge < -0.3 is 14.4 Å². The van der Waals surface area contributed by atoms with E-state index in [1.165, 1.54) is 0 Å². The summed E-state index contributed by atoms with van der Waals surface area (Å²) in [4.78, 5) is 28.0. The van der Waals surface area contributed by atoms with Crippen LogP contribution in [0.25, 0.3) is 0 Å². The SMILES string of the molecule is CCCCN(CC(=O)N(Cc1cccn1C)C1CC1)C(C)=O. The van der Waals surface area contributed by atoms with Gasteiger partial charge >= 0.3 is 0 Å². The number of amides is 2. The second-order valence-electron chi connectivity index (χ2n) is 6.16. The predicted octanol–water partition coefficient (Wildman–Crippen LogP) is 2.16. The Kier molecular flexibility index (Phi) is 5.63. The van der Waals surface area contributed by atoms with Gasteiger partial charge in [0.15, 0.2) is 0 Å². The molecule has 2 rings (SSSR count). The Balaban J connectivity index is 2.00. The van der Waals surface area contributed by atoms with Gasteiger partial charge in [-0.05, 0) is 31.4 Å². The first-order valence-electron chi connectivity index (χ1n) is 8.18. The maximum absolute atomic E-state index is 12.7. The molecular formula is C17H27N3O2. The third-order valence-corrected chi connectivity index (χ3v) is 4.24. The summed E-state index contributed by atoms with van der Waals surface area (Å²) in [7, 11) is 1.99. The lowest BCUT2D eigenvalue weighted by atomic mass is 10.3. The van der Waals surface area contributed by atoms with E-state index in [2.05, 4.69) is 6.92 Å². The summed E-state index contributed by atoms with van der Waals surface area (Å²) < 4.78 is 2.04. The number of hydrogen-bond donors (Lipinski definition) is 0. The van der Waals surface area contributed by atoms with E-state index in [1.807, 2.05) is 34.8 Å². The Hall–Kier alpha value is -1.78. The Morgan fingerprint density at radius 2 is 2.09 bits per heavy atom. The van der Waals surface area contributed by atoms with Gasteiger partial charge in [-0.25, -0.2) is 0 Å². The predicted molar refractivity (Wildman–Crippen MR) is 86.1 cm³/mol. The third kappa shape index (κ3) is 4.36. The molecule has 1 aliphatic carbocycles. The van der Waals surface area contributed by atoms with E-state index in [9.17, 15) is 9.59 Å². The second kappa shape index (κ2) is 7.47. The number of carbonyl (C=O) groups is 2. The van der Waals surface area contributed by atoms with Crippen LogP contribution < -0.4 is 0 Å². The van der Waals surface area contributed by atoms with Crippen molar-refractivity contribution in [3.8, 4) is 0 Å². The van der Waals surface area contributed by atoms with Crippen molar-refractivity contribution in [1.29, 1.82) is 0 Å². The van der Waals surface area contributed by atoms with Gasteiger partial charge in [-0.1, -0.05) is 13.3 Å². The summed E-state index contributed by atoms with van der Waals surface area (Å²) in [6.45, 7) is 5.14. The molecule has 5 nitrogen and oxygen atoms in total. The normalized spacial score (nSPS) is 14.0. The van der Waals surface area contributed by atoms with Gasteiger partial charge in [-0.3, -0.25) is 9.59 Å². The molecule has 2 amide bonds. The molecule has 22 heavy (non-hydrogen) atoms. The van der Waals surface area contributed by atoms with Crippen LogP contribution in [0.1, 0.15) is 45.2 Å². The lowest BCUT2D eigenvalue weighted by Gasteiger charge is -2.27. The maximum atomic E-state index is 12.7. The number of hydrogen-bond acceptors (Lipinski definition) is 2. The third-order valence-electron chi connectivity index (χ3n) is 4.24. The number of rotatable bonds is 8. The largest absolute Gasteiger partial charge is 0.353 e. The van der Waals surface area contributed by atoms with E-state index in [-0.39, 0.29) is 18.4 Å². The molecule has 1 heterocycles. The average Bonchev–Trinajstić information content (AvgIpc) is 3.23. The first kappa shape index (κ1) is 16.6. The zero-order chi connectivity index (χ0) is 16.1. The Morgan fingerprint density at radius 3 is 2.59 bits per heavy atom. The fraction of sp³-hybridized carbons (Fsp3) is 0.647. The van der Waals surface area contributed by atoms with Crippen LogP contribution in [0.3, 0.4) is 0 Å². The van der Waals surface area contributed by atoms with Gasteiger partial charge in [0.1, 0.15) is 0 Å². The van der Waals surface area contributed by atoms with Crippen LogP contribution in [-0.2, 0) is 23.2 Å². The molecular weight excluding hydrogens is 278 g/mol. The number of nitrogens with zero attached hydrogens (tertiary/aromatic N) is 3. The summed E-state index contributed by atoms with van der Waals surface area (Å²) >= 11 is 0. The quantitative estimate of drug-likeness (QED) is 0.739. The van der Waals surface area contributed by atoms with Gasteiger partial charge in [-0.15, -0.1) is 0 Å². The van der Waals surface area contributed by atoms with Crippen LogP contribution in [0.15, 0.2) is 18.3 Å². The van der Waals surface area contributed by atoms with Crippen LogP contribution in [0, 0.1) is 0 Å². The van der Waals surface area contributed by atoms with Gasteiger partial charge in [0, 0.05) is 38.4 Å². The first-order chi connectivity index (χ1) is 10.5. The standard InChI is InChI=1S/C17H27N3O2/c1-4-5-11-19(14(2)21)13-17(22)20(15-8-9-15)12-16-7-6-10-18(16)3/h6-7,10,15H,4-5,8-9,11-13H2,1-3H3. The molecule has 1 fully saturated rings. The highest BCUT2D eigenvalue weighted by atomic mass is 16.2. The average molecular weight is 305 g/mol. The topological polar surface area (TPSA) is 45.6 Å². The van der Waals surface area contributed by atoms with Gasteiger partial charge in [0.2, 0.25) is 11.8 Å². The van der Waals surface area contributed by atoms with E-state index in [4.69, 9.17) is 0 Å². The molecule has 0 spiro atoms. The molecule has 0 N–H and O–H groups in total. The van der Waals surface area contributed by atoms with Crippen molar-refractivity contribution in [3.05, 3.63) is 24.0 Å². The molecule has 1 saturated carbocycles. The Bertz CT molecular complexity index is 520. The van der Waals surface area contributed by atoms with Crippen molar-refractivity contribution in [2.24, 2.45) is 7.05 Å². The van der Waals surface area contributed by atoms with Crippen LogP contribution in [0.5, 0.6) is 0 Å². The number of unbranched alkanes of at least 4 members (excludes halogenated alkanes) is 1. The second-order valence-corrected chi connectivity index (χ2v) is 6.16. The van der Waals surface area contributed by atoms with Crippen molar-refractivity contribution in [2.45, 2.75) is 52.1 Å². The van der Waals surface area contributed by atoms with Gasteiger partial charge in [0.25, 0.3) is 0 Å². The summed E-state index contributed by atoms with van der Waals surface area (Å²) in [5.41, 5.74) is 1.13. The monoisotopic (exact) mass is 305 g/mol. The molecule has 0 saturated heterocycles. The van der Waals surface area contributed by atoms with Gasteiger partial charge in [0.05, 0.1) is 13.1 Å². The Labute approximate surface area is 132 Å². The number of aromatic nitrogens is 1. The van der Waals surface area contributed by atoms with Crippen LogP contribution >= 0.6 is 0 Å². The highest BCUT2D eigenvalue weighted by Crippen LogP contribution is 2.28. The molecule has 1 aromatic rings. The molecule has 0 bridgehead atoms. The molecule has 0 aromatic carbocycles. The smallest absolute Gasteiger partial charge is 0.242 e. The molecule has 122 valence electrons. The number of aryl methyl sites for hydroxylation is 1. The molecule has 0 radical (unpaired) electrons. The molecule has 5 heteroatoms. The lowest BCUT2D eigenvalue weighted by molar-refractivity contribution is -0.140. The lowest BCUT2D eigenvalue weighted by Crippen LogP contribution is -2.43. The van der Waals surface area contributed by atoms with E-state index >= 15 is 0 Å². The van der Waals surface area contributed by atoms with Crippen LogP contribution in [0.2, 0.25) is 0 Å². The minimum Gasteiger partial charge on any atom is -0.353 e. The zero-order valence-electron chi connectivity index (χ0n) is 13.9. The maximum Gasteiger partial charge on any atom is 0.242 e. The number of carbonyl (C=O) groups excluding carboxylic acids is 2. The molecule has 0 aliphatic heterocycles. The fourth-order valence-corrected chi connectivity index (χ4v) is 2.59. The van der Waals surface area contributed by atoms with E-state index in [1.54, 1.807) is 11.8 Å². The van der Waals surface area contributed by atoms with Crippen molar-refractivity contribution < 1.29 is 9.59 Å². The highest BCUT2D eigenvalue weighted by molar-refractivity contribution is 5.84. The summed E-state index contributed by atoms with van der Waals surface area (Å²) in [5.74, 6) is 0.0476. The Morgan fingerprint density at radius 1 is 1.36 bits per heavy atom. The molecule has 1 aromatic heterocycles. The van der Waals surface area contributed by atoms with Crippen LogP contribution in [-0.4, -0.2) is 45.3 Å².